The molecule has 0 aliphatic carbocycles. The Morgan fingerprint density at radius 1 is 0.852 bits per heavy atom. The summed E-state index contributed by atoms with van der Waals surface area (Å²) in [6, 6.07) is 11.1. The van der Waals surface area contributed by atoms with E-state index in [0.717, 1.165) is 6.07 Å². The van der Waals surface area contributed by atoms with E-state index in [0.29, 0.717) is 22.1 Å². The fraction of sp³-hybridized carbons (Fsp3) is 0. The number of fused-ring (bicyclic) bond motifs is 1. The van der Waals surface area contributed by atoms with Crippen LogP contribution in [0.1, 0.15) is 0 Å². The molecule has 0 fully saturated rings. The molecule has 0 unspecified atom stereocenters. The number of rotatable bonds is 4. The summed E-state index contributed by atoms with van der Waals surface area (Å²) >= 11 is 0. The predicted octanol–water partition coefficient (Wildman–Crippen LogP) is 3.70. The molecule has 0 atom stereocenters. The van der Waals surface area contributed by atoms with Crippen molar-refractivity contribution in [3.05, 3.63) is 48.5 Å². The van der Waals surface area contributed by atoms with Gasteiger partial charge in [-0.3, -0.25) is 4.55 Å². The van der Waals surface area contributed by atoms with Gasteiger partial charge in [-0.1, -0.05) is 6.07 Å². The molecule has 0 amide bonds. The van der Waals surface area contributed by atoms with Gasteiger partial charge in [0.05, 0.1) is 10.6 Å². The number of nitrogens with one attached hydrogen (secondary N) is 1. The highest BCUT2D eigenvalue weighted by Gasteiger charge is 2.18. The second-order valence-corrected chi connectivity index (χ2v) is 8.65. The zero-order valence-electron chi connectivity index (χ0n) is 13.6. The van der Waals surface area contributed by atoms with Crippen LogP contribution in [0.5, 0.6) is 5.75 Å². The van der Waals surface area contributed by atoms with Gasteiger partial charge in [0.2, 0.25) is 0 Å². The molecule has 11 heteroatoms. The van der Waals surface area contributed by atoms with Crippen molar-refractivity contribution in [3.8, 4) is 5.75 Å². The monoisotopic (exact) mass is 412 g/mol. The Balaban J connectivity index is 2.01. The minimum atomic E-state index is -4.48. The van der Waals surface area contributed by atoms with Crippen LogP contribution in [0.25, 0.3) is 10.8 Å². The van der Waals surface area contributed by atoms with E-state index in [2.05, 4.69) is 5.32 Å². The maximum Gasteiger partial charge on any atom is 0.296 e. The van der Waals surface area contributed by atoms with Gasteiger partial charge in [-0.05, 0) is 47.9 Å². The molecule has 3 rings (SSSR count). The first-order valence-corrected chi connectivity index (χ1v) is 10.3. The van der Waals surface area contributed by atoms with Crippen LogP contribution < -0.4 is 11.1 Å². The number of phenols is 1. The van der Waals surface area contributed by atoms with Crippen LogP contribution in [-0.2, 0) is 10.1 Å². The van der Waals surface area contributed by atoms with E-state index in [4.69, 9.17) is 5.73 Å². The molecule has 3 aromatic carbocycles. The second kappa shape index (κ2) is 6.56. The van der Waals surface area contributed by atoms with Gasteiger partial charge in [-0.2, -0.15) is 8.42 Å². The lowest BCUT2D eigenvalue weighted by Crippen LogP contribution is -2.04. The quantitative estimate of drug-likeness (QED) is 0.249. The highest BCUT2D eigenvalue weighted by molar-refractivity contribution is 8.19. The van der Waals surface area contributed by atoms with E-state index in [1.54, 1.807) is 18.2 Å². The van der Waals surface area contributed by atoms with Crippen molar-refractivity contribution >= 4 is 48.8 Å². The zero-order chi connectivity index (χ0) is 20.0. The Morgan fingerprint density at radius 2 is 1.48 bits per heavy atom. The molecule has 0 bridgehead atoms. The Morgan fingerprint density at radius 3 is 2.11 bits per heavy atom. The van der Waals surface area contributed by atoms with E-state index in [1.807, 2.05) is 0 Å². The minimum Gasteiger partial charge on any atom is -0.507 e. The Labute approximate surface area is 156 Å². The Bertz CT molecular complexity index is 1140. The van der Waals surface area contributed by atoms with Gasteiger partial charge in [-0.15, -0.1) is 0 Å². The third kappa shape index (κ3) is 4.08. The van der Waals surface area contributed by atoms with Crippen LogP contribution in [0.3, 0.4) is 0 Å². The van der Waals surface area contributed by atoms with Crippen LogP contribution >= 0.6 is 10.9 Å². The van der Waals surface area contributed by atoms with E-state index in [-0.39, 0.29) is 16.3 Å². The molecule has 9 nitrogen and oxygen atoms in total. The first-order chi connectivity index (χ1) is 12.4. The molecule has 0 saturated carbocycles. The summed E-state index contributed by atoms with van der Waals surface area (Å²) in [6.45, 7) is 0. The van der Waals surface area contributed by atoms with E-state index < -0.39 is 25.9 Å². The molecule has 27 heavy (non-hydrogen) atoms. The summed E-state index contributed by atoms with van der Waals surface area (Å²) in [5, 5.41) is 13.8. The van der Waals surface area contributed by atoms with Crippen LogP contribution in [0, 0.1) is 0 Å². The van der Waals surface area contributed by atoms with Crippen LogP contribution in [0.15, 0.2) is 58.3 Å². The third-order valence-electron chi connectivity index (χ3n) is 3.80. The molecule has 0 heterocycles. The van der Waals surface area contributed by atoms with Crippen LogP contribution in [0.4, 0.5) is 17.1 Å². The molecule has 0 saturated heterocycles. The first-order valence-electron chi connectivity index (χ1n) is 7.36. The summed E-state index contributed by atoms with van der Waals surface area (Å²) < 4.78 is 59.9. The van der Waals surface area contributed by atoms with Crippen molar-refractivity contribution in [2.45, 2.75) is 9.79 Å². The summed E-state index contributed by atoms with van der Waals surface area (Å²) in [6.07, 6.45) is 0. The molecular formula is C16H16N2O7S2. The zero-order valence-corrected chi connectivity index (χ0v) is 15.2. The van der Waals surface area contributed by atoms with Crippen molar-refractivity contribution in [1.82, 2.24) is 0 Å². The second-order valence-electron chi connectivity index (χ2n) is 5.75. The maximum atomic E-state index is 11.3. The molecule has 8 N–H and O–H groups in total. The average Bonchev–Trinajstić information content (AvgIpc) is 2.55. The molecule has 0 radical (unpaired) electrons. The van der Waals surface area contributed by atoms with E-state index in [1.165, 1.54) is 24.3 Å². The lowest BCUT2D eigenvalue weighted by Gasteiger charge is -2.20. The molecule has 0 aliphatic heterocycles. The van der Waals surface area contributed by atoms with Gasteiger partial charge in [0, 0.05) is 16.8 Å². The summed E-state index contributed by atoms with van der Waals surface area (Å²) in [4.78, 5) is -0.654. The van der Waals surface area contributed by atoms with Crippen molar-refractivity contribution in [1.29, 1.82) is 0 Å². The standard InChI is InChI=1S/C16H16N2O7S2/c17-14-4-3-11(7-16(14)27(23,24)25)18-10-2-1-9-5-12(26(20,21)22)8-15(19)13(9)6-10/h1-8,18-22H,17H2,(H,23,24,25). The molecule has 3 aromatic rings. The highest BCUT2D eigenvalue weighted by Crippen LogP contribution is 2.46. The van der Waals surface area contributed by atoms with Gasteiger partial charge in [0.25, 0.3) is 10.1 Å². The fourth-order valence-corrected chi connectivity index (χ4v) is 3.75. The maximum absolute atomic E-state index is 11.3. The molecule has 144 valence electrons. The SMILES string of the molecule is Nc1ccc(Nc2ccc3cc(S(O)(O)O)cc(O)c3c2)cc1S(=O)(=O)O. The topological polar surface area (TPSA) is 173 Å². The Hall–Kier alpha value is -2.54. The first kappa shape index (κ1) is 19.2. The van der Waals surface area contributed by atoms with Gasteiger partial charge in [-0.25, -0.2) is 0 Å². The molecular weight excluding hydrogens is 396 g/mol. The lowest BCUT2D eigenvalue weighted by atomic mass is 10.1. The number of nitrogen functional groups attached to an aromatic ring is 1. The summed E-state index contributed by atoms with van der Waals surface area (Å²) in [5.41, 5.74) is 6.26. The number of anilines is 3. The smallest absolute Gasteiger partial charge is 0.296 e. The fourth-order valence-electron chi connectivity index (χ4n) is 2.55. The summed E-state index contributed by atoms with van der Waals surface area (Å²) in [7, 11) is -8.45. The van der Waals surface area contributed by atoms with Crippen molar-refractivity contribution in [2.24, 2.45) is 0 Å². The largest absolute Gasteiger partial charge is 0.507 e. The minimum absolute atomic E-state index is 0.102. The van der Waals surface area contributed by atoms with Crippen molar-refractivity contribution in [3.63, 3.8) is 0 Å². The van der Waals surface area contributed by atoms with Gasteiger partial charge in [0.1, 0.15) is 21.5 Å². The van der Waals surface area contributed by atoms with Gasteiger partial charge < -0.3 is 29.8 Å². The Kier molecular flexibility index (Phi) is 4.67. The number of hydrogen-bond donors (Lipinski definition) is 7. The van der Waals surface area contributed by atoms with E-state index >= 15 is 0 Å². The molecule has 0 spiro atoms. The molecule has 0 aliphatic rings. The third-order valence-corrected chi connectivity index (χ3v) is 5.58. The summed E-state index contributed by atoms with van der Waals surface area (Å²) in [5.74, 6) is -0.281. The lowest BCUT2D eigenvalue weighted by molar-refractivity contribution is 0.375. The number of hydrogen-bond acceptors (Lipinski definition) is 8. The van der Waals surface area contributed by atoms with Gasteiger partial charge >= 0.3 is 0 Å². The van der Waals surface area contributed by atoms with Crippen molar-refractivity contribution in [2.75, 3.05) is 11.1 Å². The van der Waals surface area contributed by atoms with Crippen LogP contribution in [-0.4, -0.2) is 31.7 Å². The predicted molar refractivity (Wildman–Crippen MR) is 103 cm³/mol. The van der Waals surface area contributed by atoms with Crippen LogP contribution in [0.2, 0.25) is 0 Å². The van der Waals surface area contributed by atoms with E-state index in [9.17, 15) is 31.7 Å². The van der Waals surface area contributed by atoms with Gasteiger partial charge in [0.15, 0.2) is 0 Å². The van der Waals surface area contributed by atoms with Crippen molar-refractivity contribution < 1.29 is 31.7 Å². The number of aromatic hydroxyl groups is 1. The number of nitrogens with two attached hydrogens (primary N) is 1. The number of phenolic OH excluding ortho intramolecular Hbond substituents is 1. The molecule has 0 aromatic heterocycles. The normalized spacial score (nSPS) is 12.9. The number of benzene rings is 3. The highest BCUT2D eigenvalue weighted by atomic mass is 32.3. The average molecular weight is 412 g/mol.